The second kappa shape index (κ2) is 5.40. The Morgan fingerprint density at radius 2 is 2.10 bits per heavy atom. The molecule has 2 aromatic rings. The van der Waals surface area contributed by atoms with Gasteiger partial charge >= 0.3 is 0 Å². The van der Waals surface area contributed by atoms with Gasteiger partial charge in [-0.25, -0.2) is 4.39 Å². The molecule has 0 aliphatic carbocycles. The molecule has 3 nitrogen and oxygen atoms in total. The van der Waals surface area contributed by atoms with Crippen molar-refractivity contribution in [1.82, 2.24) is 9.88 Å². The number of carbonyl (C=O) groups excluding carboxylic acids is 1. The van der Waals surface area contributed by atoms with E-state index in [0.29, 0.717) is 5.69 Å². The maximum Gasteiger partial charge on any atom is 0.270 e. The van der Waals surface area contributed by atoms with E-state index in [0.717, 1.165) is 29.4 Å². The minimum atomic E-state index is -0.252. The third-order valence-corrected chi connectivity index (χ3v) is 4.10. The summed E-state index contributed by atoms with van der Waals surface area (Å²) >= 11 is 3.33. The summed E-state index contributed by atoms with van der Waals surface area (Å²) in [5.74, 6) is -0.263. The second-order valence-electron chi connectivity index (χ2n) is 4.94. The Kier molecular flexibility index (Phi) is 3.61. The number of hydrogen-bond donors (Lipinski definition) is 1. The topological polar surface area (TPSA) is 36.1 Å². The Morgan fingerprint density at radius 3 is 2.75 bits per heavy atom. The second-order valence-corrected chi connectivity index (χ2v) is 5.86. The summed E-state index contributed by atoms with van der Waals surface area (Å²) in [5.41, 5.74) is 1.56. The summed E-state index contributed by atoms with van der Waals surface area (Å²) < 4.78 is 13.9. The number of benzene rings is 1. The van der Waals surface area contributed by atoms with Crippen molar-refractivity contribution in [3.8, 4) is 0 Å². The molecule has 0 spiro atoms. The molecule has 1 amide bonds. The molecule has 1 atom stereocenters. The average molecular weight is 337 g/mol. The van der Waals surface area contributed by atoms with Crippen LogP contribution >= 0.6 is 15.9 Å². The van der Waals surface area contributed by atoms with Gasteiger partial charge in [-0.1, -0.05) is 12.1 Å². The number of carbonyl (C=O) groups is 1. The summed E-state index contributed by atoms with van der Waals surface area (Å²) in [7, 11) is 0. The van der Waals surface area contributed by atoms with Crippen molar-refractivity contribution >= 4 is 21.8 Å². The average Bonchev–Trinajstić information content (AvgIpc) is 3.07. The number of amides is 1. The fraction of sp³-hybridized carbons (Fsp3) is 0.267. The maximum atomic E-state index is 13.0. The van der Waals surface area contributed by atoms with Crippen LogP contribution in [0, 0.1) is 5.82 Å². The standard InChI is InChI=1S/C15H14BrFN2O/c16-11-8-13(18-9-11)15(20)19-7-1-2-14(19)10-3-5-12(17)6-4-10/h3-6,8-9,14,18H,1-2,7H2. The lowest BCUT2D eigenvalue weighted by atomic mass is 10.0. The van der Waals surface area contributed by atoms with E-state index in [9.17, 15) is 9.18 Å². The van der Waals surface area contributed by atoms with Crippen LogP contribution in [-0.4, -0.2) is 22.3 Å². The predicted octanol–water partition coefficient (Wildman–Crippen LogP) is 3.89. The maximum absolute atomic E-state index is 13.0. The monoisotopic (exact) mass is 336 g/mol. The third kappa shape index (κ3) is 2.50. The first-order chi connectivity index (χ1) is 9.65. The number of halogens is 2. The number of aromatic amines is 1. The Morgan fingerprint density at radius 1 is 1.35 bits per heavy atom. The molecule has 1 fully saturated rings. The van der Waals surface area contributed by atoms with Gasteiger partial charge in [0.15, 0.2) is 0 Å². The molecule has 104 valence electrons. The number of hydrogen-bond acceptors (Lipinski definition) is 1. The van der Waals surface area contributed by atoms with Crippen LogP contribution in [-0.2, 0) is 0 Å². The van der Waals surface area contributed by atoms with Gasteiger partial charge in [0.25, 0.3) is 5.91 Å². The van der Waals surface area contributed by atoms with Crippen LogP contribution in [0.2, 0.25) is 0 Å². The zero-order valence-corrected chi connectivity index (χ0v) is 12.4. The third-order valence-electron chi connectivity index (χ3n) is 3.65. The van der Waals surface area contributed by atoms with Gasteiger partial charge in [-0.3, -0.25) is 4.79 Å². The molecule has 0 radical (unpaired) electrons. The number of aromatic nitrogens is 1. The fourth-order valence-corrected chi connectivity index (χ4v) is 3.03. The molecule has 5 heteroatoms. The van der Waals surface area contributed by atoms with Crippen LogP contribution in [0.5, 0.6) is 0 Å². The highest BCUT2D eigenvalue weighted by Gasteiger charge is 2.31. The van der Waals surface area contributed by atoms with Gasteiger partial charge in [-0.05, 0) is 52.5 Å². The molecule has 1 unspecified atom stereocenters. The first kappa shape index (κ1) is 13.4. The van der Waals surface area contributed by atoms with Crippen molar-refractivity contribution < 1.29 is 9.18 Å². The molecular formula is C15H14BrFN2O. The van der Waals surface area contributed by atoms with Gasteiger partial charge in [0.05, 0.1) is 6.04 Å². The van der Waals surface area contributed by atoms with E-state index >= 15 is 0 Å². The molecule has 1 aliphatic rings. The molecule has 1 aromatic carbocycles. The molecule has 1 N–H and O–H groups in total. The first-order valence-corrected chi connectivity index (χ1v) is 7.35. The van der Waals surface area contributed by atoms with Gasteiger partial charge in [0, 0.05) is 17.2 Å². The van der Waals surface area contributed by atoms with E-state index in [1.54, 1.807) is 24.4 Å². The van der Waals surface area contributed by atoms with Crippen LogP contribution in [0.1, 0.15) is 34.9 Å². The minimum Gasteiger partial charge on any atom is -0.356 e. The SMILES string of the molecule is O=C(c1cc(Br)c[nH]1)N1CCCC1c1ccc(F)cc1. The Bertz CT molecular complexity index is 623. The van der Waals surface area contributed by atoms with Crippen molar-refractivity contribution in [2.24, 2.45) is 0 Å². The summed E-state index contributed by atoms with van der Waals surface area (Å²) in [6.45, 7) is 0.734. The van der Waals surface area contributed by atoms with Crippen molar-refractivity contribution in [2.45, 2.75) is 18.9 Å². The molecule has 1 saturated heterocycles. The summed E-state index contributed by atoms with van der Waals surface area (Å²) in [5, 5.41) is 0. The molecule has 0 saturated carbocycles. The predicted molar refractivity (Wildman–Crippen MR) is 77.9 cm³/mol. The smallest absolute Gasteiger partial charge is 0.270 e. The molecule has 1 aliphatic heterocycles. The lowest BCUT2D eigenvalue weighted by Crippen LogP contribution is -2.30. The van der Waals surface area contributed by atoms with E-state index in [-0.39, 0.29) is 17.8 Å². The zero-order chi connectivity index (χ0) is 14.1. The lowest BCUT2D eigenvalue weighted by Gasteiger charge is -2.24. The molecule has 0 bridgehead atoms. The van der Waals surface area contributed by atoms with E-state index in [4.69, 9.17) is 0 Å². The summed E-state index contributed by atoms with van der Waals surface area (Å²) in [4.78, 5) is 17.3. The highest BCUT2D eigenvalue weighted by molar-refractivity contribution is 9.10. The number of nitrogens with zero attached hydrogens (tertiary/aromatic N) is 1. The van der Waals surface area contributed by atoms with Crippen LogP contribution in [0.3, 0.4) is 0 Å². The first-order valence-electron chi connectivity index (χ1n) is 6.55. The van der Waals surface area contributed by atoms with Crippen molar-refractivity contribution in [3.05, 3.63) is 58.1 Å². The Balaban J connectivity index is 1.85. The normalized spacial score (nSPS) is 18.5. The van der Waals surface area contributed by atoms with Gasteiger partial charge in [0.2, 0.25) is 0 Å². The van der Waals surface area contributed by atoms with E-state index in [1.165, 1.54) is 12.1 Å². The van der Waals surface area contributed by atoms with Crippen molar-refractivity contribution in [2.75, 3.05) is 6.54 Å². The molecule has 1 aromatic heterocycles. The van der Waals surface area contributed by atoms with Gasteiger partial charge in [-0.2, -0.15) is 0 Å². The highest BCUT2D eigenvalue weighted by atomic mass is 79.9. The van der Waals surface area contributed by atoms with Crippen molar-refractivity contribution in [1.29, 1.82) is 0 Å². The number of nitrogens with one attached hydrogen (secondary N) is 1. The Hall–Kier alpha value is -1.62. The van der Waals surface area contributed by atoms with Crippen LogP contribution in [0.4, 0.5) is 4.39 Å². The Labute approximate surface area is 124 Å². The number of likely N-dealkylation sites (tertiary alicyclic amines) is 1. The van der Waals surface area contributed by atoms with E-state index < -0.39 is 0 Å². The van der Waals surface area contributed by atoms with Gasteiger partial charge in [0.1, 0.15) is 11.5 Å². The summed E-state index contributed by atoms with van der Waals surface area (Å²) in [6.07, 6.45) is 3.63. The highest BCUT2D eigenvalue weighted by Crippen LogP contribution is 2.33. The van der Waals surface area contributed by atoms with Gasteiger partial charge < -0.3 is 9.88 Å². The van der Waals surface area contributed by atoms with Crippen molar-refractivity contribution in [3.63, 3.8) is 0 Å². The number of rotatable bonds is 2. The van der Waals surface area contributed by atoms with Crippen LogP contribution < -0.4 is 0 Å². The summed E-state index contributed by atoms with van der Waals surface area (Å²) in [6, 6.07) is 8.22. The number of H-pyrrole nitrogens is 1. The van der Waals surface area contributed by atoms with Crippen LogP contribution in [0.25, 0.3) is 0 Å². The van der Waals surface area contributed by atoms with Crippen LogP contribution in [0.15, 0.2) is 41.0 Å². The molecule has 2 heterocycles. The fourth-order valence-electron chi connectivity index (χ4n) is 2.69. The zero-order valence-electron chi connectivity index (χ0n) is 10.8. The largest absolute Gasteiger partial charge is 0.356 e. The van der Waals surface area contributed by atoms with E-state index in [1.807, 2.05) is 4.90 Å². The minimum absolute atomic E-state index is 0.0116. The molecule has 20 heavy (non-hydrogen) atoms. The lowest BCUT2D eigenvalue weighted by molar-refractivity contribution is 0.0730. The molecule has 3 rings (SSSR count). The quantitative estimate of drug-likeness (QED) is 0.887. The van der Waals surface area contributed by atoms with Gasteiger partial charge in [-0.15, -0.1) is 0 Å². The van der Waals surface area contributed by atoms with E-state index in [2.05, 4.69) is 20.9 Å². The molecular weight excluding hydrogens is 323 g/mol.